The second kappa shape index (κ2) is 4.25. The number of likely N-dealkylation sites (tertiary alicyclic amines) is 1. The summed E-state index contributed by atoms with van der Waals surface area (Å²) in [4.78, 5) is 14.5. The first-order valence-electron chi connectivity index (χ1n) is 6.91. The molecule has 1 saturated carbocycles. The maximum absolute atomic E-state index is 12.5. The molecular weight excluding hydrogens is 216 g/mol. The number of nitrogens with two attached hydrogens (primary N) is 1. The van der Waals surface area contributed by atoms with Crippen LogP contribution in [0.3, 0.4) is 0 Å². The summed E-state index contributed by atoms with van der Waals surface area (Å²) in [5, 5.41) is 0. The van der Waals surface area contributed by atoms with Crippen LogP contribution in [0.2, 0.25) is 0 Å². The molecule has 4 heteroatoms. The van der Waals surface area contributed by atoms with Gasteiger partial charge >= 0.3 is 0 Å². The third kappa shape index (κ3) is 2.08. The molecule has 2 heterocycles. The molecule has 0 aromatic rings. The SMILES string of the molecule is NC1(C(=O)N2CC3CCC(C2)O3)CCCCC1. The third-order valence-electron chi connectivity index (χ3n) is 4.50. The summed E-state index contributed by atoms with van der Waals surface area (Å²) in [5.41, 5.74) is 5.74. The normalized spacial score (nSPS) is 35.9. The number of carbonyl (C=O) groups excluding carboxylic acids is 1. The van der Waals surface area contributed by atoms with E-state index < -0.39 is 5.54 Å². The van der Waals surface area contributed by atoms with Gasteiger partial charge in [-0.3, -0.25) is 4.79 Å². The summed E-state index contributed by atoms with van der Waals surface area (Å²) in [5.74, 6) is 0.178. The van der Waals surface area contributed by atoms with Crippen LogP contribution in [-0.4, -0.2) is 41.6 Å². The van der Waals surface area contributed by atoms with Crippen LogP contribution >= 0.6 is 0 Å². The Balaban J connectivity index is 1.69. The predicted octanol–water partition coefficient (Wildman–Crippen LogP) is 1.04. The molecule has 2 unspecified atom stereocenters. The van der Waals surface area contributed by atoms with Crippen LogP contribution in [0.1, 0.15) is 44.9 Å². The molecular formula is C13H22N2O2. The van der Waals surface area contributed by atoms with Crippen LogP contribution in [0.25, 0.3) is 0 Å². The fourth-order valence-electron chi connectivity index (χ4n) is 3.49. The summed E-state index contributed by atoms with van der Waals surface area (Å²) in [6, 6.07) is 0. The highest BCUT2D eigenvalue weighted by Gasteiger charge is 2.43. The lowest BCUT2D eigenvalue weighted by molar-refractivity contribution is -0.146. The molecule has 1 aliphatic carbocycles. The van der Waals surface area contributed by atoms with E-state index in [4.69, 9.17) is 10.5 Å². The highest BCUT2D eigenvalue weighted by atomic mass is 16.5. The van der Waals surface area contributed by atoms with Gasteiger partial charge in [0.05, 0.1) is 17.7 Å². The Kier molecular flexibility index (Phi) is 2.87. The van der Waals surface area contributed by atoms with Crippen molar-refractivity contribution >= 4 is 5.91 Å². The molecule has 2 bridgehead atoms. The molecule has 17 heavy (non-hydrogen) atoms. The fourth-order valence-corrected chi connectivity index (χ4v) is 3.49. The van der Waals surface area contributed by atoms with Crippen molar-refractivity contribution in [2.24, 2.45) is 5.73 Å². The zero-order valence-electron chi connectivity index (χ0n) is 10.4. The zero-order chi connectivity index (χ0) is 11.9. The summed E-state index contributed by atoms with van der Waals surface area (Å²) in [7, 11) is 0. The molecule has 0 spiro atoms. The van der Waals surface area contributed by atoms with Gasteiger partial charge in [-0.1, -0.05) is 19.3 Å². The Morgan fingerprint density at radius 1 is 1.12 bits per heavy atom. The van der Waals surface area contributed by atoms with Gasteiger partial charge in [-0.2, -0.15) is 0 Å². The topological polar surface area (TPSA) is 55.6 Å². The van der Waals surface area contributed by atoms with Gasteiger partial charge in [0.15, 0.2) is 0 Å². The van der Waals surface area contributed by atoms with Gasteiger partial charge in [0, 0.05) is 13.1 Å². The van der Waals surface area contributed by atoms with Gasteiger partial charge in [-0.15, -0.1) is 0 Å². The van der Waals surface area contributed by atoms with E-state index in [-0.39, 0.29) is 18.1 Å². The van der Waals surface area contributed by atoms with Gasteiger partial charge in [0.1, 0.15) is 0 Å². The van der Waals surface area contributed by atoms with Crippen molar-refractivity contribution in [3.8, 4) is 0 Å². The molecule has 96 valence electrons. The molecule has 4 nitrogen and oxygen atoms in total. The number of ether oxygens (including phenoxy) is 1. The second-order valence-electron chi connectivity index (χ2n) is 5.88. The van der Waals surface area contributed by atoms with Crippen molar-refractivity contribution in [1.82, 2.24) is 4.90 Å². The zero-order valence-corrected chi connectivity index (χ0v) is 10.4. The van der Waals surface area contributed by atoms with Gasteiger partial charge in [-0.05, 0) is 25.7 Å². The molecule has 2 atom stereocenters. The minimum absolute atomic E-state index is 0.178. The molecule has 2 N–H and O–H groups in total. The number of hydrogen-bond acceptors (Lipinski definition) is 3. The maximum atomic E-state index is 12.5. The lowest BCUT2D eigenvalue weighted by Gasteiger charge is -2.40. The van der Waals surface area contributed by atoms with Crippen molar-refractivity contribution in [3.63, 3.8) is 0 Å². The average molecular weight is 238 g/mol. The lowest BCUT2D eigenvalue weighted by Crippen LogP contribution is -2.59. The van der Waals surface area contributed by atoms with Crippen molar-refractivity contribution in [2.45, 2.75) is 62.7 Å². The van der Waals surface area contributed by atoms with Crippen LogP contribution < -0.4 is 5.73 Å². The van der Waals surface area contributed by atoms with Crippen molar-refractivity contribution in [1.29, 1.82) is 0 Å². The van der Waals surface area contributed by atoms with Gasteiger partial charge in [-0.25, -0.2) is 0 Å². The minimum atomic E-state index is -0.574. The third-order valence-corrected chi connectivity index (χ3v) is 4.50. The smallest absolute Gasteiger partial charge is 0.242 e. The summed E-state index contributed by atoms with van der Waals surface area (Å²) >= 11 is 0. The van der Waals surface area contributed by atoms with E-state index in [1.165, 1.54) is 6.42 Å². The van der Waals surface area contributed by atoms with Crippen molar-refractivity contribution in [2.75, 3.05) is 13.1 Å². The summed E-state index contributed by atoms with van der Waals surface area (Å²) in [6.07, 6.45) is 7.88. The van der Waals surface area contributed by atoms with E-state index in [1.54, 1.807) is 0 Å². The second-order valence-corrected chi connectivity index (χ2v) is 5.88. The van der Waals surface area contributed by atoms with Crippen LogP contribution in [0.15, 0.2) is 0 Å². The fraction of sp³-hybridized carbons (Fsp3) is 0.923. The molecule has 3 aliphatic rings. The van der Waals surface area contributed by atoms with E-state index in [2.05, 4.69) is 0 Å². The van der Waals surface area contributed by atoms with Crippen molar-refractivity contribution in [3.05, 3.63) is 0 Å². The largest absolute Gasteiger partial charge is 0.371 e. The standard InChI is InChI=1S/C13H22N2O2/c14-13(6-2-1-3-7-13)12(16)15-8-10-4-5-11(9-15)17-10/h10-11H,1-9,14H2. The molecule has 0 radical (unpaired) electrons. The molecule has 0 aromatic carbocycles. The molecule has 3 fully saturated rings. The number of rotatable bonds is 1. The number of amides is 1. The number of carbonyl (C=O) groups is 1. The monoisotopic (exact) mass is 238 g/mol. The Morgan fingerprint density at radius 3 is 2.29 bits per heavy atom. The number of nitrogens with zero attached hydrogens (tertiary/aromatic N) is 1. The van der Waals surface area contributed by atoms with Gasteiger partial charge < -0.3 is 15.4 Å². The molecule has 2 aliphatic heterocycles. The maximum Gasteiger partial charge on any atom is 0.242 e. The van der Waals surface area contributed by atoms with Crippen LogP contribution in [0, 0.1) is 0 Å². The van der Waals surface area contributed by atoms with Gasteiger partial charge in [0.25, 0.3) is 0 Å². The first-order chi connectivity index (χ1) is 8.17. The van der Waals surface area contributed by atoms with E-state index in [1.807, 2.05) is 4.90 Å². The number of fused-ring (bicyclic) bond motifs is 2. The molecule has 0 aromatic heterocycles. The summed E-state index contributed by atoms with van der Waals surface area (Å²) < 4.78 is 5.76. The number of hydrogen-bond donors (Lipinski definition) is 1. The van der Waals surface area contributed by atoms with Crippen LogP contribution in [0.5, 0.6) is 0 Å². The van der Waals surface area contributed by atoms with E-state index in [0.717, 1.165) is 51.6 Å². The molecule has 3 rings (SSSR count). The Morgan fingerprint density at radius 2 is 1.71 bits per heavy atom. The van der Waals surface area contributed by atoms with Crippen molar-refractivity contribution < 1.29 is 9.53 Å². The van der Waals surface area contributed by atoms with E-state index in [0.29, 0.717) is 0 Å². The molecule has 2 saturated heterocycles. The van der Waals surface area contributed by atoms with Gasteiger partial charge in [0.2, 0.25) is 5.91 Å². The highest BCUT2D eigenvalue weighted by molar-refractivity contribution is 5.86. The first-order valence-corrected chi connectivity index (χ1v) is 6.91. The first kappa shape index (κ1) is 11.5. The lowest BCUT2D eigenvalue weighted by atomic mass is 9.81. The Hall–Kier alpha value is -0.610. The quantitative estimate of drug-likeness (QED) is 0.742. The van der Waals surface area contributed by atoms with E-state index >= 15 is 0 Å². The predicted molar refractivity (Wildman–Crippen MR) is 64.5 cm³/mol. The average Bonchev–Trinajstić information content (AvgIpc) is 2.68. The van der Waals surface area contributed by atoms with E-state index in [9.17, 15) is 4.79 Å². The molecule has 1 amide bonds. The van der Waals surface area contributed by atoms with Crippen LogP contribution in [-0.2, 0) is 9.53 Å². The van der Waals surface area contributed by atoms with Crippen LogP contribution in [0.4, 0.5) is 0 Å². The minimum Gasteiger partial charge on any atom is -0.371 e. The Labute approximate surface area is 102 Å². The highest BCUT2D eigenvalue weighted by Crippen LogP contribution is 2.31. The number of morpholine rings is 1. The Bertz CT molecular complexity index is 301. The summed E-state index contributed by atoms with van der Waals surface area (Å²) in [6.45, 7) is 1.52.